The van der Waals surface area contributed by atoms with E-state index in [2.05, 4.69) is 11.4 Å². The molecule has 148 valence electrons. The van der Waals surface area contributed by atoms with Crippen molar-refractivity contribution < 1.29 is 9.59 Å². The summed E-state index contributed by atoms with van der Waals surface area (Å²) < 4.78 is 0. The van der Waals surface area contributed by atoms with Crippen molar-refractivity contribution in [1.82, 2.24) is 0 Å². The van der Waals surface area contributed by atoms with Crippen LogP contribution >= 0.6 is 0 Å². The number of nitriles is 1. The molecule has 1 spiro atoms. The maximum Gasteiger partial charge on any atom is 0.245 e. The van der Waals surface area contributed by atoms with E-state index >= 15 is 0 Å². The number of ketones is 1. The molecule has 2 aromatic carbocycles. The molecule has 30 heavy (non-hydrogen) atoms. The van der Waals surface area contributed by atoms with Gasteiger partial charge in [-0.15, -0.1) is 0 Å². The molecule has 0 saturated carbocycles. The number of amides is 1. The number of carbonyl (C=O) groups is 2. The highest BCUT2D eigenvalue weighted by Crippen LogP contribution is 2.55. The maximum absolute atomic E-state index is 13.5. The van der Waals surface area contributed by atoms with E-state index in [9.17, 15) is 14.9 Å². The van der Waals surface area contributed by atoms with Gasteiger partial charge in [-0.2, -0.15) is 5.26 Å². The molecule has 5 rings (SSSR count). The predicted molar refractivity (Wildman–Crippen MR) is 113 cm³/mol. The first-order valence-electron chi connectivity index (χ1n) is 9.93. The second-order valence-corrected chi connectivity index (χ2v) is 8.05. The molecule has 2 atom stereocenters. The summed E-state index contributed by atoms with van der Waals surface area (Å²) in [6.45, 7) is 2.01. The van der Waals surface area contributed by atoms with Crippen LogP contribution < -0.4 is 16.0 Å². The van der Waals surface area contributed by atoms with E-state index in [-0.39, 0.29) is 23.1 Å². The van der Waals surface area contributed by atoms with E-state index < -0.39 is 11.3 Å². The van der Waals surface area contributed by atoms with Crippen LogP contribution in [0.5, 0.6) is 0 Å². The Labute approximate surface area is 174 Å². The zero-order valence-electron chi connectivity index (χ0n) is 16.5. The van der Waals surface area contributed by atoms with Crippen molar-refractivity contribution in [2.24, 2.45) is 11.7 Å². The highest BCUT2D eigenvalue weighted by atomic mass is 16.2. The first kappa shape index (κ1) is 18.2. The summed E-state index contributed by atoms with van der Waals surface area (Å²) in [4.78, 5) is 28.7. The van der Waals surface area contributed by atoms with Crippen LogP contribution in [0.3, 0.4) is 0 Å². The van der Waals surface area contributed by atoms with Gasteiger partial charge in [0.15, 0.2) is 5.78 Å². The lowest BCUT2D eigenvalue weighted by Gasteiger charge is -2.44. The Morgan fingerprint density at radius 3 is 2.53 bits per heavy atom. The number of benzene rings is 2. The van der Waals surface area contributed by atoms with Gasteiger partial charge in [-0.3, -0.25) is 14.5 Å². The fourth-order valence-electron chi connectivity index (χ4n) is 5.05. The minimum atomic E-state index is -1.51. The number of anilines is 2. The largest absolute Gasteiger partial charge is 0.384 e. The molecule has 1 aliphatic carbocycles. The third-order valence-electron chi connectivity index (χ3n) is 6.21. The number of hydrogen-bond acceptors (Lipinski definition) is 5. The van der Waals surface area contributed by atoms with Crippen molar-refractivity contribution in [3.63, 3.8) is 0 Å². The molecule has 0 unspecified atom stereocenters. The summed E-state index contributed by atoms with van der Waals surface area (Å²) in [5, 5.41) is 13.1. The van der Waals surface area contributed by atoms with E-state index in [0.717, 1.165) is 5.69 Å². The summed E-state index contributed by atoms with van der Waals surface area (Å²) in [7, 11) is 0. The van der Waals surface area contributed by atoms with Gasteiger partial charge in [0, 0.05) is 34.6 Å². The number of fused-ring (bicyclic) bond motifs is 3. The Morgan fingerprint density at radius 1 is 1.10 bits per heavy atom. The number of carbonyl (C=O) groups excluding carboxylic acids is 2. The minimum Gasteiger partial charge on any atom is -0.384 e. The number of para-hydroxylation sites is 2. The Morgan fingerprint density at radius 2 is 1.80 bits per heavy atom. The Kier molecular flexibility index (Phi) is 3.84. The first-order valence-corrected chi connectivity index (χ1v) is 9.93. The van der Waals surface area contributed by atoms with Gasteiger partial charge in [0.2, 0.25) is 5.91 Å². The topological polar surface area (TPSA) is 99.2 Å². The van der Waals surface area contributed by atoms with Crippen LogP contribution in [0.15, 0.2) is 77.3 Å². The van der Waals surface area contributed by atoms with Gasteiger partial charge < -0.3 is 11.1 Å². The molecule has 0 fully saturated rings. The molecule has 2 aromatic rings. The van der Waals surface area contributed by atoms with Gasteiger partial charge in [-0.25, -0.2) is 0 Å². The summed E-state index contributed by atoms with van der Waals surface area (Å²) >= 11 is 0. The molecule has 6 nitrogen and oxygen atoms in total. The number of nitrogens with one attached hydrogen (secondary N) is 1. The lowest BCUT2D eigenvalue weighted by molar-refractivity contribution is -0.123. The molecular formula is C24H20N4O2. The lowest BCUT2D eigenvalue weighted by atomic mass is 9.63. The third-order valence-corrected chi connectivity index (χ3v) is 6.21. The fourth-order valence-corrected chi connectivity index (χ4v) is 5.05. The van der Waals surface area contributed by atoms with E-state index in [0.29, 0.717) is 35.4 Å². The van der Waals surface area contributed by atoms with Crippen molar-refractivity contribution in [3.8, 4) is 6.07 Å². The molecule has 6 heteroatoms. The monoisotopic (exact) mass is 396 g/mol. The van der Waals surface area contributed by atoms with Crippen molar-refractivity contribution in [2.75, 3.05) is 10.2 Å². The number of nitrogens with zero attached hydrogens (tertiary/aromatic N) is 2. The van der Waals surface area contributed by atoms with Crippen molar-refractivity contribution >= 4 is 23.1 Å². The molecule has 0 saturated heterocycles. The first-order chi connectivity index (χ1) is 14.5. The van der Waals surface area contributed by atoms with Crippen LogP contribution in [-0.4, -0.2) is 11.7 Å². The average molecular weight is 396 g/mol. The van der Waals surface area contributed by atoms with Crippen LogP contribution in [0.1, 0.15) is 25.3 Å². The van der Waals surface area contributed by atoms with Gasteiger partial charge in [-0.05, 0) is 30.5 Å². The number of Topliss-reactive ketones (excluding diaryl/α,β-unsaturated/α-hetero) is 1. The smallest absolute Gasteiger partial charge is 0.245 e. The highest BCUT2D eigenvalue weighted by molar-refractivity contribution is 6.19. The molecule has 0 bridgehead atoms. The Balaban J connectivity index is 1.90. The Bertz CT molecular complexity index is 1210. The van der Waals surface area contributed by atoms with Crippen LogP contribution in [0.4, 0.5) is 11.4 Å². The summed E-state index contributed by atoms with van der Waals surface area (Å²) in [6, 6.07) is 18.8. The maximum atomic E-state index is 13.5. The molecule has 0 radical (unpaired) electrons. The van der Waals surface area contributed by atoms with Crippen molar-refractivity contribution in [3.05, 3.63) is 82.8 Å². The lowest BCUT2D eigenvalue weighted by Crippen LogP contribution is -2.51. The van der Waals surface area contributed by atoms with Crippen LogP contribution in [0.2, 0.25) is 0 Å². The van der Waals surface area contributed by atoms with Crippen molar-refractivity contribution in [2.45, 2.75) is 25.2 Å². The number of nitrogens with two attached hydrogens (primary N) is 1. The van der Waals surface area contributed by atoms with Crippen LogP contribution in [0, 0.1) is 17.2 Å². The minimum absolute atomic E-state index is 0.0930. The second kappa shape index (κ2) is 6.33. The Hall–Kier alpha value is -3.85. The predicted octanol–water partition coefficient (Wildman–Crippen LogP) is 3.34. The zero-order chi connectivity index (χ0) is 21.0. The molecule has 1 amide bonds. The molecule has 0 aromatic heterocycles. The van der Waals surface area contributed by atoms with E-state index in [1.807, 2.05) is 49.4 Å². The quantitative estimate of drug-likeness (QED) is 0.770. The van der Waals surface area contributed by atoms with Crippen molar-refractivity contribution in [1.29, 1.82) is 5.26 Å². The molecule has 2 aliphatic heterocycles. The average Bonchev–Trinajstić information content (AvgIpc) is 3.01. The van der Waals surface area contributed by atoms with E-state index in [1.54, 1.807) is 17.0 Å². The zero-order valence-corrected chi connectivity index (χ0v) is 16.5. The van der Waals surface area contributed by atoms with Gasteiger partial charge in [0.05, 0.1) is 5.57 Å². The van der Waals surface area contributed by atoms with E-state index in [1.165, 1.54) is 0 Å². The molecular weight excluding hydrogens is 376 g/mol. The number of rotatable bonds is 1. The highest BCUT2D eigenvalue weighted by Gasteiger charge is 2.60. The SMILES string of the molecule is C[C@@H]1CC(=O)C2=C(C1)N(c1ccccc1)C(N)=C(C#N)[C@@]21C(=O)Nc2ccccc21. The molecule has 3 N–H and O–H groups in total. The van der Waals surface area contributed by atoms with Gasteiger partial charge in [0.1, 0.15) is 17.3 Å². The normalized spacial score (nSPS) is 25.2. The fraction of sp³-hybridized carbons (Fsp3) is 0.208. The summed E-state index contributed by atoms with van der Waals surface area (Å²) in [5.74, 6) is -0.213. The van der Waals surface area contributed by atoms with Gasteiger partial charge in [0.25, 0.3) is 0 Å². The van der Waals surface area contributed by atoms with E-state index in [4.69, 9.17) is 5.73 Å². The molecule has 2 heterocycles. The standard InChI is InChI=1S/C24H20N4O2/c1-14-11-19-21(20(29)12-14)24(16-9-5-6-10-18(16)27-23(24)30)17(13-25)22(26)28(19)15-7-3-2-4-8-15/h2-10,14H,11-12,26H2,1H3,(H,27,30)/t14-,24+/m0/s1. The number of hydrogen-bond donors (Lipinski definition) is 2. The number of allylic oxidation sites excluding steroid dienone is 1. The van der Waals surface area contributed by atoms with Gasteiger partial charge in [-0.1, -0.05) is 43.3 Å². The summed E-state index contributed by atoms with van der Waals surface area (Å²) in [5.41, 5.74) is 8.23. The molecule has 3 aliphatic rings. The van der Waals surface area contributed by atoms with Gasteiger partial charge >= 0.3 is 0 Å². The third kappa shape index (κ3) is 2.17. The second-order valence-electron chi connectivity index (χ2n) is 8.05. The van der Waals surface area contributed by atoms with Crippen LogP contribution in [-0.2, 0) is 15.0 Å². The van der Waals surface area contributed by atoms with Crippen LogP contribution in [0.25, 0.3) is 0 Å². The summed E-state index contributed by atoms with van der Waals surface area (Å²) in [6.07, 6.45) is 0.920.